The van der Waals surface area contributed by atoms with Gasteiger partial charge >= 0.3 is 0 Å². The number of benzene rings is 3. The molecule has 192 valence electrons. The highest BCUT2D eigenvalue weighted by Crippen LogP contribution is 2.55. The zero-order chi connectivity index (χ0) is 26.3. The highest BCUT2D eigenvalue weighted by atomic mass is 79.9. The third-order valence-electron chi connectivity index (χ3n) is 8.29. The second-order valence-corrected chi connectivity index (χ2v) is 11.9. The Hall–Kier alpha value is -3.17. The van der Waals surface area contributed by atoms with Crippen LogP contribution in [0.2, 0.25) is 0 Å². The molecule has 0 saturated carbocycles. The summed E-state index contributed by atoms with van der Waals surface area (Å²) in [7, 11) is 0. The Morgan fingerprint density at radius 2 is 1.79 bits per heavy atom. The van der Waals surface area contributed by atoms with Crippen molar-refractivity contribution < 1.29 is 0 Å². The summed E-state index contributed by atoms with van der Waals surface area (Å²) in [6, 6.07) is 22.6. The summed E-state index contributed by atoms with van der Waals surface area (Å²) >= 11 is 3.70. The van der Waals surface area contributed by atoms with E-state index in [2.05, 4.69) is 127 Å². The summed E-state index contributed by atoms with van der Waals surface area (Å²) in [6.45, 7) is 6.90. The van der Waals surface area contributed by atoms with Crippen LogP contribution in [0.25, 0.3) is 22.0 Å². The van der Waals surface area contributed by atoms with Crippen molar-refractivity contribution in [2.24, 2.45) is 0 Å². The van der Waals surface area contributed by atoms with Gasteiger partial charge in [0.1, 0.15) is 0 Å². The van der Waals surface area contributed by atoms with E-state index in [0.29, 0.717) is 5.92 Å². The number of pyridine rings is 1. The number of fused-ring (bicyclic) bond motifs is 4. The summed E-state index contributed by atoms with van der Waals surface area (Å²) in [4.78, 5) is 7.48. The molecule has 3 aromatic carbocycles. The number of hydrogen-bond acceptors (Lipinski definition) is 2. The first-order valence-corrected chi connectivity index (χ1v) is 14.7. The molecule has 0 bridgehead atoms. The lowest BCUT2D eigenvalue weighted by atomic mass is 9.80. The maximum atomic E-state index is 4.89. The van der Waals surface area contributed by atoms with Crippen molar-refractivity contribution in [3.8, 4) is 11.3 Å². The maximum absolute atomic E-state index is 4.89. The van der Waals surface area contributed by atoms with E-state index in [1.54, 1.807) is 0 Å². The molecule has 0 spiro atoms. The van der Waals surface area contributed by atoms with E-state index in [9.17, 15) is 0 Å². The summed E-state index contributed by atoms with van der Waals surface area (Å²) in [5.74, 6) is 0.305. The zero-order valence-corrected chi connectivity index (χ0v) is 24.1. The van der Waals surface area contributed by atoms with Crippen molar-refractivity contribution in [3.63, 3.8) is 0 Å². The predicted octanol–water partition coefficient (Wildman–Crippen LogP) is 10.2. The molecular weight excluding hydrogens is 528 g/mol. The van der Waals surface area contributed by atoms with E-state index in [1.165, 1.54) is 64.5 Å². The summed E-state index contributed by atoms with van der Waals surface area (Å²) < 4.78 is 1.03. The first kappa shape index (κ1) is 25.1. The molecule has 38 heavy (non-hydrogen) atoms. The highest BCUT2D eigenvalue weighted by molar-refractivity contribution is 9.10. The molecule has 2 atom stereocenters. The number of anilines is 2. The van der Waals surface area contributed by atoms with Gasteiger partial charge in [-0.05, 0) is 82.9 Å². The third kappa shape index (κ3) is 4.31. The number of halogens is 1. The van der Waals surface area contributed by atoms with Crippen LogP contribution in [0.5, 0.6) is 0 Å². The molecule has 2 unspecified atom stereocenters. The molecule has 1 aromatic heterocycles. The minimum Gasteiger partial charge on any atom is -0.331 e. The van der Waals surface area contributed by atoms with Crippen molar-refractivity contribution in [3.05, 3.63) is 112 Å². The van der Waals surface area contributed by atoms with Gasteiger partial charge in [-0.25, -0.2) is 0 Å². The van der Waals surface area contributed by atoms with Gasteiger partial charge in [0.25, 0.3) is 0 Å². The molecule has 2 heterocycles. The molecule has 2 nitrogen and oxygen atoms in total. The lowest BCUT2D eigenvalue weighted by Gasteiger charge is -2.39. The Morgan fingerprint density at radius 1 is 0.947 bits per heavy atom. The molecule has 4 aromatic rings. The van der Waals surface area contributed by atoms with E-state index in [0.717, 1.165) is 22.2 Å². The molecule has 0 fully saturated rings. The van der Waals surface area contributed by atoms with Crippen LogP contribution in [0.4, 0.5) is 11.4 Å². The van der Waals surface area contributed by atoms with E-state index in [4.69, 9.17) is 4.98 Å². The Kier molecular flexibility index (Phi) is 6.74. The lowest BCUT2D eigenvalue weighted by molar-refractivity contribution is 0.542. The summed E-state index contributed by atoms with van der Waals surface area (Å²) in [6.07, 6.45) is 17.4. The van der Waals surface area contributed by atoms with Crippen molar-refractivity contribution in [1.82, 2.24) is 4.98 Å². The Bertz CT molecular complexity index is 1570. The van der Waals surface area contributed by atoms with Gasteiger partial charge in [0.05, 0.1) is 11.2 Å². The van der Waals surface area contributed by atoms with Crippen LogP contribution < -0.4 is 4.90 Å². The molecule has 0 saturated heterocycles. The normalized spacial score (nSPS) is 19.7. The number of rotatable bonds is 7. The molecule has 0 amide bonds. The molecular formula is C35H35BrN2. The van der Waals surface area contributed by atoms with E-state index >= 15 is 0 Å². The highest BCUT2D eigenvalue weighted by Gasteiger charge is 2.47. The third-order valence-corrected chi connectivity index (χ3v) is 8.92. The second kappa shape index (κ2) is 10.2. The van der Waals surface area contributed by atoms with Crippen molar-refractivity contribution in [1.29, 1.82) is 0 Å². The molecule has 0 radical (unpaired) electrons. The van der Waals surface area contributed by atoms with Gasteiger partial charge in [0, 0.05) is 38.9 Å². The fourth-order valence-corrected chi connectivity index (χ4v) is 6.89. The fourth-order valence-electron chi connectivity index (χ4n) is 6.44. The molecule has 2 aliphatic rings. The Morgan fingerprint density at radius 3 is 2.63 bits per heavy atom. The number of allylic oxidation sites excluding steroid dienone is 2. The standard InChI is InChI=1S/C35H35BrN2/c1-4-5-6-7-12-25-19-24(2)20-27(21-25)38-33-22-26(16-17-30(33)31-15-10-11-18-35(31,38)3)34-29-14-9-8-13-28(29)32(36)23-37-34/h8-11,13-23,31H,4-7,12H2,1-3H3. The number of unbranched alkanes of at least 4 members (excludes halogenated alkanes) is 3. The average molecular weight is 564 g/mol. The monoisotopic (exact) mass is 562 g/mol. The van der Waals surface area contributed by atoms with Crippen LogP contribution in [-0.2, 0) is 6.42 Å². The second-order valence-electron chi connectivity index (χ2n) is 11.0. The largest absolute Gasteiger partial charge is 0.331 e. The lowest BCUT2D eigenvalue weighted by Crippen LogP contribution is -2.42. The Balaban J connectivity index is 1.48. The molecule has 0 N–H and O–H groups in total. The number of hydrogen-bond donors (Lipinski definition) is 0. The number of aryl methyl sites for hydroxylation is 2. The minimum absolute atomic E-state index is 0.155. The van der Waals surface area contributed by atoms with E-state index in [1.807, 2.05) is 6.20 Å². The van der Waals surface area contributed by atoms with Crippen LogP contribution in [-0.4, -0.2) is 10.5 Å². The maximum Gasteiger partial charge on any atom is 0.0781 e. The van der Waals surface area contributed by atoms with Gasteiger partial charge in [-0.2, -0.15) is 0 Å². The van der Waals surface area contributed by atoms with E-state index < -0.39 is 0 Å². The van der Waals surface area contributed by atoms with Crippen molar-refractivity contribution >= 4 is 38.1 Å². The van der Waals surface area contributed by atoms with Gasteiger partial charge in [0.15, 0.2) is 0 Å². The molecule has 3 heteroatoms. The minimum atomic E-state index is -0.155. The topological polar surface area (TPSA) is 16.1 Å². The van der Waals surface area contributed by atoms with Gasteiger partial charge in [-0.15, -0.1) is 0 Å². The fraction of sp³-hybridized carbons (Fsp3) is 0.286. The van der Waals surface area contributed by atoms with Crippen LogP contribution in [0, 0.1) is 6.92 Å². The van der Waals surface area contributed by atoms with Gasteiger partial charge in [-0.1, -0.05) is 93.0 Å². The average Bonchev–Trinajstić information content (AvgIpc) is 3.18. The van der Waals surface area contributed by atoms with Crippen molar-refractivity contribution in [2.45, 2.75) is 64.3 Å². The summed E-state index contributed by atoms with van der Waals surface area (Å²) in [5.41, 5.74) is 8.74. The van der Waals surface area contributed by atoms with Crippen LogP contribution in [0.1, 0.15) is 62.1 Å². The van der Waals surface area contributed by atoms with Crippen LogP contribution >= 0.6 is 15.9 Å². The number of nitrogens with zero attached hydrogens (tertiary/aromatic N) is 2. The Labute approximate surface area is 235 Å². The van der Waals surface area contributed by atoms with Gasteiger partial charge in [0.2, 0.25) is 0 Å². The molecule has 1 aliphatic carbocycles. The molecule has 1 aliphatic heterocycles. The zero-order valence-electron chi connectivity index (χ0n) is 22.5. The van der Waals surface area contributed by atoms with Crippen LogP contribution in [0.3, 0.4) is 0 Å². The van der Waals surface area contributed by atoms with Gasteiger partial charge in [-0.3, -0.25) is 4.98 Å². The molecule has 6 rings (SSSR count). The van der Waals surface area contributed by atoms with Crippen LogP contribution in [0.15, 0.2) is 95.6 Å². The van der Waals surface area contributed by atoms with Crippen molar-refractivity contribution in [2.75, 3.05) is 4.90 Å². The van der Waals surface area contributed by atoms with E-state index in [-0.39, 0.29) is 5.54 Å². The first-order chi connectivity index (χ1) is 18.5. The predicted molar refractivity (Wildman–Crippen MR) is 165 cm³/mol. The quantitative estimate of drug-likeness (QED) is 0.208. The summed E-state index contributed by atoms with van der Waals surface area (Å²) in [5, 5.41) is 2.35. The SMILES string of the molecule is CCCCCCc1cc(C)cc(N2c3cc(-c4ncc(Br)c5ccccc45)ccc3C3C=CC=CC32C)c1. The number of aromatic nitrogens is 1. The van der Waals surface area contributed by atoms with Gasteiger partial charge < -0.3 is 4.90 Å². The smallest absolute Gasteiger partial charge is 0.0781 e. The first-order valence-electron chi connectivity index (χ1n) is 13.9.